The summed E-state index contributed by atoms with van der Waals surface area (Å²) in [7, 11) is 0. The third-order valence-electron chi connectivity index (χ3n) is 3.54. The van der Waals surface area contributed by atoms with E-state index in [4.69, 9.17) is 0 Å². The molecule has 2 heterocycles. The highest BCUT2D eigenvalue weighted by molar-refractivity contribution is 5.89. The number of rotatable bonds is 4. The second-order valence-electron chi connectivity index (χ2n) is 5.36. The summed E-state index contributed by atoms with van der Waals surface area (Å²) in [5.41, 5.74) is 1.42. The van der Waals surface area contributed by atoms with E-state index in [0.29, 0.717) is 18.5 Å². The van der Waals surface area contributed by atoms with Gasteiger partial charge in [-0.05, 0) is 30.9 Å². The molecule has 1 fully saturated rings. The van der Waals surface area contributed by atoms with Gasteiger partial charge in [-0.2, -0.15) is 18.3 Å². The van der Waals surface area contributed by atoms with Crippen LogP contribution in [-0.2, 0) is 0 Å². The first-order valence-electron chi connectivity index (χ1n) is 7.03. The maximum atomic E-state index is 12.9. The van der Waals surface area contributed by atoms with E-state index in [0.717, 1.165) is 5.56 Å². The van der Waals surface area contributed by atoms with Gasteiger partial charge in [-0.3, -0.25) is 15.4 Å². The third-order valence-corrected chi connectivity index (χ3v) is 3.54. The summed E-state index contributed by atoms with van der Waals surface area (Å²) in [6, 6.07) is 2.27. The summed E-state index contributed by atoms with van der Waals surface area (Å²) >= 11 is 0. The molecule has 0 saturated heterocycles. The molecule has 9 heteroatoms. The van der Waals surface area contributed by atoms with Gasteiger partial charge in [-0.15, -0.1) is 0 Å². The highest BCUT2D eigenvalue weighted by atomic mass is 19.4. The topological polar surface area (TPSA) is 82.7 Å². The fourth-order valence-corrected chi connectivity index (χ4v) is 2.26. The first-order valence-corrected chi connectivity index (χ1v) is 7.03. The van der Waals surface area contributed by atoms with Gasteiger partial charge in [-0.25, -0.2) is 4.79 Å². The first kappa shape index (κ1) is 15.3. The summed E-state index contributed by atoms with van der Waals surface area (Å²) in [5.74, 6) is -0.390. The molecular formula is C14H14F3N5O. The molecule has 23 heavy (non-hydrogen) atoms. The van der Waals surface area contributed by atoms with Crippen molar-refractivity contribution in [1.29, 1.82) is 0 Å². The van der Waals surface area contributed by atoms with Gasteiger partial charge in [0.25, 0.3) is 0 Å². The van der Waals surface area contributed by atoms with Crippen LogP contribution in [-0.4, -0.2) is 33.4 Å². The minimum atomic E-state index is -4.45. The summed E-state index contributed by atoms with van der Waals surface area (Å²) in [4.78, 5) is 15.6. The molecule has 122 valence electrons. The molecule has 1 atom stereocenters. The fourth-order valence-electron chi connectivity index (χ4n) is 2.26. The van der Waals surface area contributed by atoms with Crippen molar-refractivity contribution >= 4 is 11.8 Å². The number of H-pyrrole nitrogens is 1. The Morgan fingerprint density at radius 1 is 1.30 bits per heavy atom. The number of alkyl halides is 3. The molecule has 0 bridgehead atoms. The van der Waals surface area contributed by atoms with Crippen molar-refractivity contribution in [3.63, 3.8) is 0 Å². The van der Waals surface area contributed by atoms with E-state index >= 15 is 0 Å². The number of aromatic amines is 1. The van der Waals surface area contributed by atoms with Crippen LogP contribution in [0.4, 0.5) is 23.8 Å². The number of nitrogens with one attached hydrogen (secondary N) is 3. The maximum Gasteiger partial charge on any atom is 0.408 e. The average molecular weight is 325 g/mol. The van der Waals surface area contributed by atoms with Gasteiger partial charge in [-0.1, -0.05) is 0 Å². The number of halogens is 3. The van der Waals surface area contributed by atoms with Crippen LogP contribution < -0.4 is 10.6 Å². The molecule has 0 aliphatic heterocycles. The lowest BCUT2D eigenvalue weighted by atomic mass is 10.2. The van der Waals surface area contributed by atoms with Crippen molar-refractivity contribution in [2.45, 2.75) is 25.1 Å². The van der Waals surface area contributed by atoms with Gasteiger partial charge in [0, 0.05) is 24.0 Å². The molecule has 0 spiro atoms. The van der Waals surface area contributed by atoms with Gasteiger partial charge in [0.05, 0.1) is 5.69 Å². The number of pyridine rings is 1. The molecule has 6 nitrogen and oxygen atoms in total. The molecule has 2 aromatic heterocycles. The van der Waals surface area contributed by atoms with Crippen LogP contribution in [0.3, 0.4) is 0 Å². The molecule has 0 radical (unpaired) electrons. The number of hydrogen-bond donors (Lipinski definition) is 3. The van der Waals surface area contributed by atoms with Crippen molar-refractivity contribution in [1.82, 2.24) is 20.5 Å². The Labute approximate surface area is 129 Å². The van der Waals surface area contributed by atoms with Gasteiger partial charge in [0.1, 0.15) is 6.04 Å². The van der Waals surface area contributed by atoms with Crippen LogP contribution in [0.2, 0.25) is 0 Å². The number of carbonyl (C=O) groups excluding carboxylic acids is 1. The second kappa shape index (κ2) is 5.90. The second-order valence-corrected chi connectivity index (χ2v) is 5.36. The number of anilines is 1. The minimum Gasteiger partial charge on any atom is -0.326 e. The van der Waals surface area contributed by atoms with Crippen LogP contribution in [0.5, 0.6) is 0 Å². The first-order chi connectivity index (χ1) is 10.9. The summed E-state index contributed by atoms with van der Waals surface area (Å²) in [6.45, 7) is 0. The lowest BCUT2D eigenvalue weighted by Gasteiger charge is -2.21. The molecule has 2 aromatic rings. The Morgan fingerprint density at radius 3 is 2.61 bits per heavy atom. The molecule has 3 N–H and O–H groups in total. The summed E-state index contributed by atoms with van der Waals surface area (Å²) in [6.07, 6.45) is -0.316. The van der Waals surface area contributed by atoms with Crippen LogP contribution >= 0.6 is 0 Å². The molecule has 1 aliphatic carbocycles. The predicted octanol–water partition coefficient (Wildman–Crippen LogP) is 2.93. The molecular weight excluding hydrogens is 311 g/mol. The van der Waals surface area contributed by atoms with E-state index in [-0.39, 0.29) is 5.82 Å². The normalized spacial score (nSPS) is 16.0. The van der Waals surface area contributed by atoms with Crippen molar-refractivity contribution in [2.24, 2.45) is 5.92 Å². The van der Waals surface area contributed by atoms with E-state index in [2.05, 4.69) is 20.5 Å². The van der Waals surface area contributed by atoms with E-state index in [1.807, 2.05) is 5.32 Å². The quantitative estimate of drug-likeness (QED) is 0.808. The highest BCUT2D eigenvalue weighted by Crippen LogP contribution is 2.40. The smallest absolute Gasteiger partial charge is 0.326 e. The van der Waals surface area contributed by atoms with E-state index in [1.54, 1.807) is 24.5 Å². The standard InChI is InChI=1S/C14H14F3N5O/c15-14(16,17)12(9-1-2-9)20-13(23)19-11-7-10(21-22-11)8-3-5-18-6-4-8/h3-7,9,12H,1-2H2,(H3,19,20,21,22,23)/t12-/m1/s1. The number of nitrogens with zero attached hydrogens (tertiary/aromatic N) is 2. The van der Waals surface area contributed by atoms with Crippen molar-refractivity contribution in [3.05, 3.63) is 30.6 Å². The lowest BCUT2D eigenvalue weighted by molar-refractivity contribution is -0.157. The monoisotopic (exact) mass is 325 g/mol. The molecule has 1 saturated carbocycles. The van der Waals surface area contributed by atoms with Crippen LogP contribution in [0.1, 0.15) is 12.8 Å². The molecule has 1 aliphatic rings. The molecule has 3 rings (SSSR count). The van der Waals surface area contributed by atoms with Gasteiger partial charge in [0.2, 0.25) is 0 Å². The highest BCUT2D eigenvalue weighted by Gasteiger charge is 2.49. The third kappa shape index (κ3) is 3.79. The van der Waals surface area contributed by atoms with Crippen LogP contribution in [0.25, 0.3) is 11.3 Å². The number of aromatic nitrogens is 3. The lowest BCUT2D eigenvalue weighted by Crippen LogP contribution is -2.48. The largest absolute Gasteiger partial charge is 0.408 e. The summed E-state index contributed by atoms with van der Waals surface area (Å²) < 4.78 is 38.6. The van der Waals surface area contributed by atoms with Gasteiger partial charge in [0.15, 0.2) is 5.82 Å². The number of amides is 2. The Balaban J connectivity index is 1.63. The molecule has 0 unspecified atom stereocenters. The number of carbonyl (C=O) groups is 1. The SMILES string of the molecule is O=C(Nc1cc(-c2ccncc2)[nH]n1)N[C@H](C1CC1)C(F)(F)F. The number of urea groups is 1. The Morgan fingerprint density at radius 2 is 2.00 bits per heavy atom. The van der Waals surface area contributed by atoms with Crippen LogP contribution in [0, 0.1) is 5.92 Å². The van der Waals surface area contributed by atoms with E-state index < -0.39 is 24.2 Å². The van der Waals surface area contributed by atoms with Crippen molar-refractivity contribution in [3.8, 4) is 11.3 Å². The van der Waals surface area contributed by atoms with E-state index in [1.165, 1.54) is 6.07 Å². The maximum absolute atomic E-state index is 12.9. The molecule has 2 amide bonds. The minimum absolute atomic E-state index is 0.144. The Bertz CT molecular complexity index is 681. The van der Waals surface area contributed by atoms with Crippen LogP contribution in [0.15, 0.2) is 30.6 Å². The summed E-state index contributed by atoms with van der Waals surface area (Å²) in [5, 5.41) is 10.9. The van der Waals surface area contributed by atoms with E-state index in [9.17, 15) is 18.0 Å². The van der Waals surface area contributed by atoms with Crippen molar-refractivity contribution in [2.75, 3.05) is 5.32 Å². The zero-order chi connectivity index (χ0) is 16.4. The fraction of sp³-hybridized carbons (Fsp3) is 0.357. The molecule has 0 aromatic carbocycles. The number of hydrogen-bond acceptors (Lipinski definition) is 3. The Kier molecular flexibility index (Phi) is 3.93. The zero-order valence-corrected chi connectivity index (χ0v) is 11.9. The average Bonchev–Trinajstić information content (AvgIpc) is 3.23. The predicted molar refractivity (Wildman–Crippen MR) is 76.5 cm³/mol. The Hall–Kier alpha value is -2.58. The van der Waals surface area contributed by atoms with Gasteiger partial charge < -0.3 is 5.32 Å². The van der Waals surface area contributed by atoms with Crippen molar-refractivity contribution < 1.29 is 18.0 Å². The van der Waals surface area contributed by atoms with Gasteiger partial charge >= 0.3 is 12.2 Å². The zero-order valence-electron chi connectivity index (χ0n) is 11.9.